The lowest BCUT2D eigenvalue weighted by Crippen LogP contribution is -1.95. The number of fused-ring (bicyclic) bond motifs is 1. The standard InChI is InChI=1S/C17H18O2S/c1-5-12-8-13-9-17(14(18)7-6-11(2)3)20-16(13)10-15(12)19-4/h5,8-10H,1-2,6-7H2,3-4H3. The van der Waals surface area contributed by atoms with Crippen LogP contribution in [0.5, 0.6) is 5.75 Å². The normalized spacial score (nSPS) is 10.5. The summed E-state index contributed by atoms with van der Waals surface area (Å²) in [5, 5.41) is 1.06. The molecule has 0 saturated carbocycles. The molecule has 1 heterocycles. The van der Waals surface area contributed by atoms with E-state index in [2.05, 4.69) is 13.2 Å². The van der Waals surface area contributed by atoms with Gasteiger partial charge in [-0.15, -0.1) is 17.9 Å². The Morgan fingerprint density at radius 3 is 2.70 bits per heavy atom. The number of ketones is 1. The monoisotopic (exact) mass is 286 g/mol. The smallest absolute Gasteiger partial charge is 0.173 e. The number of hydrogen-bond donors (Lipinski definition) is 0. The molecule has 0 amide bonds. The summed E-state index contributed by atoms with van der Waals surface area (Å²) in [7, 11) is 1.64. The molecule has 0 aliphatic heterocycles. The molecule has 1 aromatic carbocycles. The van der Waals surface area contributed by atoms with Gasteiger partial charge in [0.05, 0.1) is 12.0 Å². The van der Waals surface area contributed by atoms with E-state index in [1.165, 1.54) is 11.3 Å². The van der Waals surface area contributed by atoms with Gasteiger partial charge >= 0.3 is 0 Å². The Balaban J connectivity index is 2.35. The maximum atomic E-state index is 12.1. The van der Waals surface area contributed by atoms with Crippen molar-refractivity contribution in [2.24, 2.45) is 0 Å². The fraction of sp³-hybridized carbons (Fsp3) is 0.235. The second kappa shape index (κ2) is 6.06. The third-order valence-electron chi connectivity index (χ3n) is 3.14. The van der Waals surface area contributed by atoms with Gasteiger partial charge in [-0.05, 0) is 36.9 Å². The molecule has 104 valence electrons. The highest BCUT2D eigenvalue weighted by Gasteiger charge is 2.12. The van der Waals surface area contributed by atoms with Crippen LogP contribution in [0.4, 0.5) is 0 Å². The molecule has 0 fully saturated rings. The van der Waals surface area contributed by atoms with Gasteiger partial charge in [-0.25, -0.2) is 0 Å². The van der Waals surface area contributed by atoms with Gasteiger partial charge < -0.3 is 4.74 Å². The first kappa shape index (κ1) is 14.5. The molecule has 1 aromatic heterocycles. The number of hydrogen-bond acceptors (Lipinski definition) is 3. The SMILES string of the molecule is C=Cc1cc2cc(C(=O)CCC(=C)C)sc2cc1OC. The molecule has 0 aliphatic carbocycles. The van der Waals surface area contributed by atoms with Crippen LogP contribution >= 0.6 is 11.3 Å². The molecular formula is C17H18O2S. The summed E-state index contributed by atoms with van der Waals surface area (Å²) < 4.78 is 6.39. The summed E-state index contributed by atoms with van der Waals surface area (Å²) in [6.07, 6.45) is 3.03. The molecule has 0 N–H and O–H groups in total. The fourth-order valence-electron chi connectivity index (χ4n) is 2.01. The van der Waals surface area contributed by atoms with E-state index >= 15 is 0 Å². The van der Waals surface area contributed by atoms with Crippen molar-refractivity contribution in [2.75, 3.05) is 7.11 Å². The van der Waals surface area contributed by atoms with Crippen LogP contribution in [-0.2, 0) is 0 Å². The van der Waals surface area contributed by atoms with Crippen molar-refractivity contribution in [3.05, 3.63) is 47.4 Å². The van der Waals surface area contributed by atoms with Crippen LogP contribution in [0, 0.1) is 0 Å². The molecule has 0 radical (unpaired) electrons. The molecule has 0 saturated heterocycles. The van der Waals surface area contributed by atoms with Crippen molar-refractivity contribution in [1.82, 2.24) is 0 Å². The van der Waals surface area contributed by atoms with Gasteiger partial charge in [0.1, 0.15) is 5.75 Å². The summed E-state index contributed by atoms with van der Waals surface area (Å²) in [4.78, 5) is 12.9. The third kappa shape index (κ3) is 2.99. The van der Waals surface area contributed by atoms with Gasteiger partial charge in [-0.1, -0.05) is 18.2 Å². The number of methoxy groups -OCH3 is 1. The maximum absolute atomic E-state index is 12.1. The summed E-state index contributed by atoms with van der Waals surface area (Å²) in [5.74, 6) is 0.962. The minimum Gasteiger partial charge on any atom is -0.496 e. The first-order valence-corrected chi connectivity index (χ1v) is 7.28. The highest BCUT2D eigenvalue weighted by molar-refractivity contribution is 7.20. The van der Waals surface area contributed by atoms with Crippen LogP contribution in [0.25, 0.3) is 16.2 Å². The van der Waals surface area contributed by atoms with Gasteiger partial charge in [-0.2, -0.15) is 0 Å². The van der Waals surface area contributed by atoms with E-state index < -0.39 is 0 Å². The average molecular weight is 286 g/mol. The van der Waals surface area contributed by atoms with Gasteiger partial charge in [0, 0.05) is 16.7 Å². The van der Waals surface area contributed by atoms with E-state index in [1.54, 1.807) is 13.2 Å². The third-order valence-corrected chi connectivity index (χ3v) is 4.28. The molecule has 0 aliphatic rings. The molecule has 20 heavy (non-hydrogen) atoms. The van der Waals surface area contributed by atoms with Gasteiger partial charge in [0.15, 0.2) is 5.78 Å². The van der Waals surface area contributed by atoms with E-state index in [9.17, 15) is 4.79 Å². The molecular weight excluding hydrogens is 268 g/mol. The van der Waals surface area contributed by atoms with E-state index in [-0.39, 0.29) is 5.78 Å². The van der Waals surface area contributed by atoms with Crippen LogP contribution in [-0.4, -0.2) is 12.9 Å². The van der Waals surface area contributed by atoms with Crippen molar-refractivity contribution in [3.8, 4) is 5.75 Å². The van der Waals surface area contributed by atoms with E-state index in [4.69, 9.17) is 4.74 Å². The quantitative estimate of drug-likeness (QED) is 0.546. The minimum atomic E-state index is 0.174. The number of carbonyl (C=O) groups excluding carboxylic acids is 1. The highest BCUT2D eigenvalue weighted by atomic mass is 32.1. The second-order valence-corrected chi connectivity index (χ2v) is 5.91. The molecule has 0 unspecified atom stereocenters. The topological polar surface area (TPSA) is 26.3 Å². The number of carbonyl (C=O) groups is 1. The van der Waals surface area contributed by atoms with Crippen molar-refractivity contribution in [1.29, 1.82) is 0 Å². The Kier molecular flexibility index (Phi) is 4.40. The molecule has 3 heteroatoms. The summed E-state index contributed by atoms with van der Waals surface area (Å²) in [6.45, 7) is 9.56. The molecule has 0 bridgehead atoms. The largest absolute Gasteiger partial charge is 0.496 e. The Morgan fingerprint density at radius 2 is 2.10 bits per heavy atom. The zero-order valence-corrected chi connectivity index (χ0v) is 12.7. The second-order valence-electron chi connectivity index (χ2n) is 4.83. The number of Topliss-reactive ketones (excluding diaryl/α,β-unsaturated/α-hetero) is 1. The average Bonchev–Trinajstić information content (AvgIpc) is 2.85. The zero-order valence-electron chi connectivity index (χ0n) is 11.9. The van der Waals surface area contributed by atoms with Crippen LogP contribution < -0.4 is 4.74 Å². The van der Waals surface area contributed by atoms with Crippen LogP contribution in [0.3, 0.4) is 0 Å². The lowest BCUT2D eigenvalue weighted by Gasteiger charge is -2.04. The van der Waals surface area contributed by atoms with E-state index in [1.807, 2.05) is 25.1 Å². The predicted octanol–water partition coefficient (Wildman–Crippen LogP) is 5.09. The van der Waals surface area contributed by atoms with Crippen LogP contribution in [0.2, 0.25) is 0 Å². The van der Waals surface area contributed by atoms with Crippen LogP contribution in [0.1, 0.15) is 35.0 Å². The van der Waals surface area contributed by atoms with Gasteiger partial charge in [0.2, 0.25) is 0 Å². The number of rotatable bonds is 6. The van der Waals surface area contributed by atoms with Crippen molar-refractivity contribution >= 4 is 33.3 Å². The van der Waals surface area contributed by atoms with Crippen molar-refractivity contribution in [2.45, 2.75) is 19.8 Å². The van der Waals surface area contributed by atoms with Crippen molar-refractivity contribution < 1.29 is 9.53 Å². The Hall–Kier alpha value is -1.87. The van der Waals surface area contributed by atoms with Crippen LogP contribution in [0.15, 0.2) is 36.9 Å². The Bertz CT molecular complexity index is 680. The summed E-state index contributed by atoms with van der Waals surface area (Å²) in [6, 6.07) is 5.92. The molecule has 2 aromatic rings. The van der Waals surface area contributed by atoms with Crippen molar-refractivity contribution in [3.63, 3.8) is 0 Å². The zero-order chi connectivity index (χ0) is 14.7. The molecule has 0 atom stereocenters. The minimum absolute atomic E-state index is 0.174. The summed E-state index contributed by atoms with van der Waals surface area (Å²) >= 11 is 1.51. The molecule has 0 spiro atoms. The first-order valence-electron chi connectivity index (χ1n) is 6.46. The first-order chi connectivity index (χ1) is 9.55. The predicted molar refractivity (Wildman–Crippen MR) is 86.8 cm³/mol. The number of benzene rings is 1. The number of thiophene rings is 1. The van der Waals surface area contributed by atoms with Gasteiger partial charge in [0.25, 0.3) is 0 Å². The van der Waals surface area contributed by atoms with E-state index in [0.29, 0.717) is 6.42 Å². The number of ether oxygens (including phenoxy) is 1. The van der Waals surface area contributed by atoms with E-state index in [0.717, 1.165) is 38.3 Å². The number of allylic oxidation sites excluding steroid dienone is 1. The molecule has 2 rings (SSSR count). The Morgan fingerprint density at radius 1 is 1.35 bits per heavy atom. The lowest BCUT2D eigenvalue weighted by molar-refractivity contribution is 0.0987. The lowest BCUT2D eigenvalue weighted by atomic mass is 10.1. The maximum Gasteiger partial charge on any atom is 0.173 e. The molecule has 2 nitrogen and oxygen atoms in total. The van der Waals surface area contributed by atoms with Gasteiger partial charge in [-0.3, -0.25) is 4.79 Å². The Labute approximate surface area is 123 Å². The summed E-state index contributed by atoms with van der Waals surface area (Å²) in [5.41, 5.74) is 1.98. The fourth-order valence-corrected chi connectivity index (χ4v) is 3.05. The highest BCUT2D eigenvalue weighted by Crippen LogP contribution is 2.33.